The van der Waals surface area contributed by atoms with Gasteiger partial charge in [-0.25, -0.2) is 0 Å². The second kappa shape index (κ2) is 9.59. The number of amides is 1. The minimum absolute atomic E-state index is 0.104. The average Bonchev–Trinajstić information content (AvgIpc) is 2.66. The third-order valence-electron chi connectivity index (χ3n) is 3.88. The zero-order chi connectivity index (χ0) is 19.8. The van der Waals surface area contributed by atoms with E-state index in [4.69, 9.17) is 14.2 Å². The predicted octanol–water partition coefficient (Wildman–Crippen LogP) is 2.58. The molecule has 2 aromatic rings. The van der Waals surface area contributed by atoms with Gasteiger partial charge in [-0.1, -0.05) is 12.1 Å². The van der Waals surface area contributed by atoms with Crippen LogP contribution < -0.4 is 9.47 Å². The fraction of sp³-hybridized carbons (Fsp3) is 0.300. The van der Waals surface area contributed by atoms with Gasteiger partial charge >= 0.3 is 5.97 Å². The molecule has 27 heavy (non-hydrogen) atoms. The van der Waals surface area contributed by atoms with Crippen LogP contribution in [0.2, 0.25) is 0 Å². The molecule has 7 heteroatoms. The Labute approximate surface area is 158 Å². The van der Waals surface area contributed by atoms with Gasteiger partial charge in [0.25, 0.3) is 5.91 Å². The molecule has 0 aliphatic heterocycles. The molecule has 2 rings (SSSR count). The molecule has 1 amide bonds. The number of nitrogens with zero attached hydrogens (tertiary/aromatic N) is 1. The van der Waals surface area contributed by atoms with E-state index >= 15 is 0 Å². The molecule has 0 bridgehead atoms. The van der Waals surface area contributed by atoms with Crippen molar-refractivity contribution in [3.05, 3.63) is 59.2 Å². The SMILES string of the molecule is COCc1cccc(C(=O)N(CC(=O)O)Cc2cc(OC)cc(OC)c2)c1. The van der Waals surface area contributed by atoms with Gasteiger partial charge in [0.05, 0.1) is 20.8 Å². The molecular formula is C20H23NO6. The number of aliphatic carboxylic acids is 1. The number of rotatable bonds is 9. The second-order valence-corrected chi connectivity index (χ2v) is 5.91. The van der Waals surface area contributed by atoms with Gasteiger partial charge in [0, 0.05) is 25.3 Å². The van der Waals surface area contributed by atoms with Crippen molar-refractivity contribution < 1.29 is 28.9 Å². The molecule has 0 aliphatic carbocycles. The molecule has 0 atom stereocenters. The minimum atomic E-state index is -1.09. The smallest absolute Gasteiger partial charge is 0.323 e. The predicted molar refractivity (Wildman–Crippen MR) is 99.1 cm³/mol. The van der Waals surface area contributed by atoms with E-state index < -0.39 is 12.5 Å². The lowest BCUT2D eigenvalue weighted by Gasteiger charge is -2.22. The molecular weight excluding hydrogens is 350 g/mol. The van der Waals surface area contributed by atoms with E-state index in [1.165, 1.54) is 19.1 Å². The van der Waals surface area contributed by atoms with Gasteiger partial charge < -0.3 is 24.2 Å². The monoisotopic (exact) mass is 373 g/mol. The van der Waals surface area contributed by atoms with Gasteiger partial charge in [0.1, 0.15) is 18.0 Å². The Kier molecular flexibility index (Phi) is 7.19. The average molecular weight is 373 g/mol. The normalized spacial score (nSPS) is 10.3. The summed E-state index contributed by atoms with van der Waals surface area (Å²) in [5.41, 5.74) is 1.94. The number of ether oxygens (including phenoxy) is 3. The van der Waals surface area contributed by atoms with Crippen LogP contribution in [-0.2, 0) is 22.7 Å². The number of benzene rings is 2. The van der Waals surface area contributed by atoms with E-state index in [0.717, 1.165) is 5.56 Å². The number of carbonyl (C=O) groups is 2. The van der Waals surface area contributed by atoms with Crippen LogP contribution in [0.1, 0.15) is 21.5 Å². The van der Waals surface area contributed by atoms with Crippen molar-refractivity contribution in [3.63, 3.8) is 0 Å². The summed E-state index contributed by atoms with van der Waals surface area (Å²) in [5.74, 6) is -0.341. The Morgan fingerprint density at radius 1 is 0.963 bits per heavy atom. The number of carboxylic acid groups (broad SMARTS) is 1. The van der Waals surface area contributed by atoms with E-state index in [2.05, 4.69) is 0 Å². The van der Waals surface area contributed by atoms with E-state index in [0.29, 0.717) is 29.2 Å². The number of carboxylic acids is 1. The first-order valence-electron chi connectivity index (χ1n) is 8.27. The highest BCUT2D eigenvalue weighted by Crippen LogP contribution is 2.24. The largest absolute Gasteiger partial charge is 0.497 e. The molecule has 0 aliphatic rings. The third kappa shape index (κ3) is 5.72. The quantitative estimate of drug-likeness (QED) is 0.727. The van der Waals surface area contributed by atoms with Crippen molar-refractivity contribution in [2.24, 2.45) is 0 Å². The maximum absolute atomic E-state index is 12.9. The summed E-state index contributed by atoms with van der Waals surface area (Å²) in [7, 11) is 4.63. The van der Waals surface area contributed by atoms with Crippen LogP contribution in [0.25, 0.3) is 0 Å². The standard InChI is InChI=1S/C20H23NO6/c1-25-13-14-5-4-6-16(7-14)20(24)21(12-19(22)23)11-15-8-17(26-2)10-18(9-15)27-3/h4-10H,11-13H2,1-3H3,(H,22,23). The Morgan fingerprint density at radius 2 is 1.63 bits per heavy atom. The Bertz CT molecular complexity index is 783. The van der Waals surface area contributed by atoms with Gasteiger partial charge in [-0.2, -0.15) is 0 Å². The maximum atomic E-state index is 12.9. The summed E-state index contributed by atoms with van der Waals surface area (Å²) in [6.45, 7) is 0.0488. The first-order chi connectivity index (χ1) is 13.0. The van der Waals surface area contributed by atoms with Crippen LogP contribution in [0.4, 0.5) is 0 Å². The molecule has 0 heterocycles. The molecule has 0 spiro atoms. The molecule has 7 nitrogen and oxygen atoms in total. The summed E-state index contributed by atoms with van der Waals surface area (Å²) in [5, 5.41) is 9.23. The highest BCUT2D eigenvalue weighted by atomic mass is 16.5. The van der Waals surface area contributed by atoms with E-state index in [9.17, 15) is 14.7 Å². The van der Waals surface area contributed by atoms with Crippen LogP contribution in [0.5, 0.6) is 11.5 Å². The Hall–Kier alpha value is -3.06. The van der Waals surface area contributed by atoms with E-state index in [1.54, 1.807) is 43.5 Å². The number of methoxy groups -OCH3 is 3. The first-order valence-corrected chi connectivity index (χ1v) is 8.27. The van der Waals surface area contributed by atoms with Crippen LogP contribution in [0.3, 0.4) is 0 Å². The van der Waals surface area contributed by atoms with Crippen LogP contribution >= 0.6 is 0 Å². The highest BCUT2D eigenvalue weighted by molar-refractivity contribution is 5.96. The molecule has 144 valence electrons. The summed E-state index contributed by atoms with van der Waals surface area (Å²) in [4.78, 5) is 25.5. The zero-order valence-corrected chi connectivity index (χ0v) is 15.6. The van der Waals surface area contributed by atoms with Crippen molar-refractivity contribution in [1.82, 2.24) is 4.90 Å². The van der Waals surface area contributed by atoms with Gasteiger partial charge in [-0.15, -0.1) is 0 Å². The Morgan fingerprint density at radius 3 is 2.19 bits per heavy atom. The molecule has 0 unspecified atom stereocenters. The number of carbonyl (C=O) groups excluding carboxylic acids is 1. The summed E-state index contributed by atoms with van der Waals surface area (Å²) in [6.07, 6.45) is 0. The summed E-state index contributed by atoms with van der Waals surface area (Å²) < 4.78 is 15.6. The van der Waals surface area contributed by atoms with Gasteiger partial charge in [0.2, 0.25) is 0 Å². The van der Waals surface area contributed by atoms with Crippen molar-refractivity contribution >= 4 is 11.9 Å². The zero-order valence-electron chi connectivity index (χ0n) is 15.6. The highest BCUT2D eigenvalue weighted by Gasteiger charge is 2.20. The molecule has 0 aromatic heterocycles. The van der Waals surface area contributed by atoms with Crippen LogP contribution in [-0.4, -0.2) is 49.8 Å². The second-order valence-electron chi connectivity index (χ2n) is 5.91. The van der Waals surface area contributed by atoms with Gasteiger partial charge in [-0.3, -0.25) is 9.59 Å². The number of hydrogen-bond acceptors (Lipinski definition) is 5. The lowest BCUT2D eigenvalue weighted by atomic mass is 10.1. The third-order valence-corrected chi connectivity index (χ3v) is 3.88. The molecule has 0 fully saturated rings. The molecule has 1 N–H and O–H groups in total. The van der Waals surface area contributed by atoms with Crippen molar-refractivity contribution in [2.75, 3.05) is 27.9 Å². The fourth-order valence-electron chi connectivity index (χ4n) is 2.68. The number of hydrogen-bond donors (Lipinski definition) is 1. The molecule has 0 radical (unpaired) electrons. The lowest BCUT2D eigenvalue weighted by molar-refractivity contribution is -0.137. The molecule has 0 saturated carbocycles. The molecule has 0 saturated heterocycles. The molecule has 2 aromatic carbocycles. The van der Waals surface area contributed by atoms with Crippen molar-refractivity contribution in [2.45, 2.75) is 13.2 Å². The van der Waals surface area contributed by atoms with Gasteiger partial charge in [0.15, 0.2) is 0 Å². The fourth-order valence-corrected chi connectivity index (χ4v) is 2.68. The minimum Gasteiger partial charge on any atom is -0.497 e. The van der Waals surface area contributed by atoms with Crippen LogP contribution in [0.15, 0.2) is 42.5 Å². The van der Waals surface area contributed by atoms with Crippen molar-refractivity contribution in [1.29, 1.82) is 0 Å². The summed E-state index contributed by atoms with van der Waals surface area (Å²) in [6, 6.07) is 12.1. The first kappa shape index (κ1) is 20.3. The Balaban J connectivity index is 2.31. The summed E-state index contributed by atoms with van der Waals surface area (Å²) >= 11 is 0. The van der Waals surface area contributed by atoms with Crippen LogP contribution in [0, 0.1) is 0 Å². The van der Waals surface area contributed by atoms with E-state index in [1.807, 2.05) is 6.07 Å². The maximum Gasteiger partial charge on any atom is 0.323 e. The van der Waals surface area contributed by atoms with Crippen molar-refractivity contribution in [3.8, 4) is 11.5 Å². The van der Waals surface area contributed by atoms with E-state index in [-0.39, 0.29) is 12.5 Å². The topological polar surface area (TPSA) is 85.3 Å². The lowest BCUT2D eigenvalue weighted by Crippen LogP contribution is -2.35. The van der Waals surface area contributed by atoms with Gasteiger partial charge in [-0.05, 0) is 35.4 Å².